The van der Waals surface area contributed by atoms with Crippen molar-refractivity contribution in [3.05, 3.63) is 0 Å². The third-order valence-electron chi connectivity index (χ3n) is 0.180. The average molecular weight is 224 g/mol. The Bertz CT molecular complexity index is 167. The van der Waals surface area contributed by atoms with Gasteiger partial charge >= 0.3 is 19.3 Å². The van der Waals surface area contributed by atoms with E-state index in [1.807, 2.05) is 0 Å². The van der Waals surface area contributed by atoms with Gasteiger partial charge < -0.3 is 0 Å². The van der Waals surface area contributed by atoms with E-state index in [0.29, 0.717) is 0 Å². The molecule has 0 aromatic heterocycles. The van der Waals surface area contributed by atoms with E-state index in [9.17, 15) is 12.6 Å². The first kappa shape index (κ1) is 18.2. The van der Waals surface area contributed by atoms with Crippen LogP contribution in [0.3, 0.4) is 0 Å². The van der Waals surface area contributed by atoms with Crippen LogP contribution < -0.4 is 0 Å². The van der Waals surface area contributed by atoms with E-state index in [1.165, 1.54) is 0 Å². The monoisotopic (exact) mass is 224 g/mol. The van der Waals surface area contributed by atoms with Crippen molar-refractivity contribution in [1.29, 1.82) is 0 Å². The molecule has 0 aromatic rings. The van der Waals surface area contributed by atoms with E-state index in [0.717, 1.165) is 0 Å². The van der Waals surface area contributed by atoms with Crippen LogP contribution in [0.15, 0.2) is 0 Å². The molecule has 1 unspecified atom stereocenters. The maximum Gasteiger partial charge on any atom is 0.373 e. The fraction of sp³-hybridized carbons (Fsp3) is 0. The molecule has 0 fully saturated rings. The van der Waals surface area contributed by atoms with Crippen molar-refractivity contribution in [1.82, 2.24) is 0 Å². The quantitative estimate of drug-likeness (QED) is 0.238. The first-order valence-electron chi connectivity index (χ1n) is 1.03. The SMILES string of the molecule is O=S(O)S(=O)(=O)O.[K].[K]. The van der Waals surface area contributed by atoms with Gasteiger partial charge in [0.1, 0.15) is 0 Å². The minimum absolute atomic E-state index is 0. The zero-order valence-electron chi connectivity index (χ0n) is 4.94. The Morgan fingerprint density at radius 2 is 1.33 bits per heavy atom. The van der Waals surface area contributed by atoms with Gasteiger partial charge in [-0.2, -0.15) is 8.42 Å². The molecular weight excluding hydrogens is 222 g/mol. The molecule has 0 amide bonds. The van der Waals surface area contributed by atoms with Gasteiger partial charge in [-0.1, -0.05) is 0 Å². The van der Waals surface area contributed by atoms with Gasteiger partial charge in [-0.15, -0.1) is 0 Å². The minimum Gasteiger partial charge on any atom is -0.292 e. The summed E-state index contributed by atoms with van der Waals surface area (Å²) >= 11 is 0. The maximum atomic E-state index is 9.34. The zero-order chi connectivity index (χ0) is 6.08. The molecule has 0 saturated heterocycles. The number of hydrogen-bond donors (Lipinski definition) is 2. The molecule has 46 valence electrons. The van der Waals surface area contributed by atoms with Crippen molar-refractivity contribution in [2.45, 2.75) is 0 Å². The minimum atomic E-state index is -4.71. The summed E-state index contributed by atoms with van der Waals surface area (Å²) in [5.41, 5.74) is 0. The molecule has 5 nitrogen and oxygen atoms in total. The molecule has 0 spiro atoms. The van der Waals surface area contributed by atoms with Gasteiger partial charge in [0.2, 0.25) is 0 Å². The van der Waals surface area contributed by atoms with Crippen molar-refractivity contribution < 1.29 is 21.7 Å². The summed E-state index contributed by atoms with van der Waals surface area (Å²) < 4.78 is 43.0. The molecule has 0 saturated carbocycles. The van der Waals surface area contributed by atoms with Gasteiger partial charge in [-0.25, -0.2) is 4.21 Å². The summed E-state index contributed by atoms with van der Waals surface area (Å²) in [4.78, 5) is 0. The summed E-state index contributed by atoms with van der Waals surface area (Å²) in [6.07, 6.45) is 0. The van der Waals surface area contributed by atoms with Crippen LogP contribution in [-0.2, 0) is 19.3 Å². The molecule has 9 heteroatoms. The molecule has 0 aliphatic rings. The Labute approximate surface area is 140 Å². The third-order valence-corrected chi connectivity index (χ3v) is 1.62. The van der Waals surface area contributed by atoms with Gasteiger partial charge in [0.25, 0.3) is 0 Å². The smallest absolute Gasteiger partial charge is 0.292 e. The summed E-state index contributed by atoms with van der Waals surface area (Å²) in [6, 6.07) is 0. The van der Waals surface area contributed by atoms with Gasteiger partial charge in [-0.3, -0.25) is 9.11 Å². The second-order valence-electron chi connectivity index (χ2n) is 0.645. The molecule has 0 aliphatic heterocycles. The Morgan fingerprint density at radius 3 is 1.33 bits per heavy atom. The summed E-state index contributed by atoms with van der Waals surface area (Å²) in [5.74, 6) is 0. The van der Waals surface area contributed by atoms with Crippen molar-refractivity contribution in [3.63, 3.8) is 0 Å². The Balaban J connectivity index is -0.000000180. The predicted molar refractivity (Wildman–Crippen MR) is 33.8 cm³/mol. The predicted octanol–water partition coefficient (Wildman–Crippen LogP) is -1.75. The van der Waals surface area contributed by atoms with Gasteiger partial charge in [0.05, 0.1) is 0 Å². The first-order chi connectivity index (χ1) is 2.94. The normalized spacial score (nSPS) is 12.7. The summed E-state index contributed by atoms with van der Waals surface area (Å²) in [6.45, 7) is 0. The molecular formula is H2K2O5S2. The van der Waals surface area contributed by atoms with Crippen LogP contribution in [0.4, 0.5) is 0 Å². The van der Waals surface area contributed by atoms with Gasteiger partial charge in [0, 0.05) is 103 Å². The Kier molecular flexibility index (Phi) is 16.0. The van der Waals surface area contributed by atoms with Crippen LogP contribution in [0.2, 0.25) is 0 Å². The fourth-order valence-electron chi connectivity index (χ4n) is 0. The largest absolute Gasteiger partial charge is 0.373 e. The molecule has 2 N–H and O–H groups in total. The Hall–Kier alpha value is 3.29. The average Bonchev–Trinajstić information content (AvgIpc) is 1.31. The van der Waals surface area contributed by atoms with Crippen LogP contribution in [0.5, 0.6) is 0 Å². The standard InChI is InChI=1S/2K.H2O5S2/c;;1-6(2)7(3,4)5/h;;(H,1,2)(H,3,4,5). The van der Waals surface area contributed by atoms with Crippen LogP contribution in [0.1, 0.15) is 0 Å². The second kappa shape index (κ2) is 7.92. The first-order valence-corrected chi connectivity index (χ1v) is 4.10. The molecule has 1 atom stereocenters. The number of rotatable bonds is 1. The van der Waals surface area contributed by atoms with Crippen LogP contribution >= 0.6 is 0 Å². The zero-order valence-corrected chi connectivity index (χ0v) is 12.8. The van der Waals surface area contributed by atoms with E-state index in [1.54, 1.807) is 0 Å². The van der Waals surface area contributed by atoms with Crippen LogP contribution in [-0.4, -0.2) is 125 Å². The molecule has 0 aromatic carbocycles. The molecule has 0 aliphatic carbocycles. The molecule has 0 rings (SSSR count). The molecule has 0 heterocycles. The summed E-state index contributed by atoms with van der Waals surface area (Å²) in [5, 5.41) is 0. The molecule has 0 bridgehead atoms. The summed E-state index contributed by atoms with van der Waals surface area (Å²) in [7, 11) is -7.87. The van der Waals surface area contributed by atoms with E-state index in [4.69, 9.17) is 9.11 Å². The van der Waals surface area contributed by atoms with Crippen molar-refractivity contribution in [2.24, 2.45) is 0 Å². The van der Waals surface area contributed by atoms with Gasteiger partial charge in [0.15, 0.2) is 0 Å². The fourth-order valence-corrected chi connectivity index (χ4v) is 0. The van der Waals surface area contributed by atoms with Crippen LogP contribution in [0, 0.1) is 0 Å². The molecule has 2 radical (unpaired) electrons. The van der Waals surface area contributed by atoms with Crippen molar-refractivity contribution in [2.75, 3.05) is 0 Å². The van der Waals surface area contributed by atoms with Crippen molar-refractivity contribution in [3.8, 4) is 0 Å². The molecule has 9 heavy (non-hydrogen) atoms. The maximum absolute atomic E-state index is 9.34. The van der Waals surface area contributed by atoms with Crippen molar-refractivity contribution >= 4 is 122 Å². The van der Waals surface area contributed by atoms with E-state index in [2.05, 4.69) is 0 Å². The van der Waals surface area contributed by atoms with Gasteiger partial charge in [-0.05, 0) is 0 Å². The van der Waals surface area contributed by atoms with Crippen LogP contribution in [0.25, 0.3) is 0 Å². The topological polar surface area (TPSA) is 91.7 Å². The van der Waals surface area contributed by atoms with E-state index in [-0.39, 0.29) is 103 Å². The second-order valence-corrected chi connectivity index (χ2v) is 4.05. The number of hydrogen-bond acceptors (Lipinski definition) is 3. The van der Waals surface area contributed by atoms with E-state index >= 15 is 0 Å². The third kappa shape index (κ3) is 11.3. The Morgan fingerprint density at radius 1 is 1.22 bits per heavy atom. The van der Waals surface area contributed by atoms with E-state index < -0.39 is 19.3 Å².